The second-order valence-electron chi connectivity index (χ2n) is 4.10. The van der Waals surface area contributed by atoms with Crippen LogP contribution in [0.25, 0.3) is 0 Å². The lowest BCUT2D eigenvalue weighted by atomic mass is 9.71. The summed E-state index contributed by atoms with van der Waals surface area (Å²) >= 11 is 0. The van der Waals surface area contributed by atoms with Crippen LogP contribution in [0, 0.1) is 23.7 Å². The molecule has 0 fully saturated rings. The summed E-state index contributed by atoms with van der Waals surface area (Å²) in [6.07, 6.45) is 4.41. The van der Waals surface area contributed by atoms with Gasteiger partial charge in [0.2, 0.25) is 0 Å². The number of hydrogen-bond donors (Lipinski definition) is 0. The van der Waals surface area contributed by atoms with Gasteiger partial charge in [0.25, 0.3) is 0 Å². The van der Waals surface area contributed by atoms with E-state index in [4.69, 9.17) is 0 Å². The first-order valence-corrected chi connectivity index (χ1v) is 4.72. The van der Waals surface area contributed by atoms with Crippen molar-refractivity contribution in [2.75, 3.05) is 0 Å². The molecule has 1 aliphatic carbocycles. The van der Waals surface area contributed by atoms with E-state index in [1.54, 1.807) is 6.92 Å². The molecule has 0 N–H and O–H groups in total. The fraction of sp³-hybridized carbons (Fsp3) is 0.727. The average molecular weight is 166 g/mol. The molecule has 0 spiro atoms. The first kappa shape index (κ1) is 9.50. The number of carbonyl (C=O) groups excluding carboxylic acids is 1. The van der Waals surface area contributed by atoms with Crippen LogP contribution in [0.3, 0.4) is 0 Å². The highest BCUT2D eigenvalue weighted by Crippen LogP contribution is 2.33. The molecule has 4 atom stereocenters. The molecule has 0 aromatic rings. The molecular weight excluding hydrogens is 148 g/mol. The van der Waals surface area contributed by atoms with Gasteiger partial charge in [0, 0.05) is 5.92 Å². The highest BCUT2D eigenvalue weighted by molar-refractivity contribution is 5.79. The summed E-state index contributed by atoms with van der Waals surface area (Å²) in [6, 6.07) is 0. The Kier molecular flexibility index (Phi) is 2.71. The fourth-order valence-electron chi connectivity index (χ4n) is 2.19. The van der Waals surface area contributed by atoms with Gasteiger partial charge in [0.15, 0.2) is 0 Å². The Morgan fingerprint density at radius 1 is 1.08 bits per heavy atom. The van der Waals surface area contributed by atoms with Crippen LogP contribution in [0.15, 0.2) is 12.2 Å². The molecule has 4 unspecified atom stereocenters. The van der Waals surface area contributed by atoms with Crippen molar-refractivity contribution in [3.05, 3.63) is 12.2 Å². The Morgan fingerprint density at radius 2 is 1.58 bits per heavy atom. The number of carbonyl (C=O) groups is 1. The SMILES string of the molecule is CC(=O)C1C(C)C=CC(C)C1C. The standard InChI is InChI=1S/C11H18O/c1-7-5-6-8(2)11(9(7)3)10(4)12/h5-9,11H,1-4H3. The van der Waals surface area contributed by atoms with Gasteiger partial charge in [-0.3, -0.25) is 4.79 Å². The highest BCUT2D eigenvalue weighted by Gasteiger charge is 2.31. The second-order valence-corrected chi connectivity index (χ2v) is 4.10. The lowest BCUT2D eigenvalue weighted by molar-refractivity contribution is -0.124. The number of Topliss-reactive ketones (excluding diaryl/α,β-unsaturated/α-hetero) is 1. The first-order chi connectivity index (χ1) is 5.54. The maximum Gasteiger partial charge on any atom is 0.133 e. The fourth-order valence-corrected chi connectivity index (χ4v) is 2.19. The van der Waals surface area contributed by atoms with E-state index in [1.165, 1.54) is 0 Å². The quantitative estimate of drug-likeness (QED) is 0.547. The van der Waals surface area contributed by atoms with Gasteiger partial charge in [0.05, 0.1) is 0 Å². The first-order valence-electron chi connectivity index (χ1n) is 4.72. The minimum Gasteiger partial charge on any atom is -0.300 e. The molecule has 12 heavy (non-hydrogen) atoms. The van der Waals surface area contributed by atoms with Crippen molar-refractivity contribution in [3.63, 3.8) is 0 Å². The van der Waals surface area contributed by atoms with Crippen molar-refractivity contribution in [1.29, 1.82) is 0 Å². The van der Waals surface area contributed by atoms with Gasteiger partial charge in [-0.1, -0.05) is 32.9 Å². The summed E-state index contributed by atoms with van der Waals surface area (Å²) in [4.78, 5) is 11.3. The van der Waals surface area contributed by atoms with Crippen LogP contribution in [-0.2, 0) is 4.79 Å². The molecular formula is C11H18O. The summed E-state index contributed by atoms with van der Waals surface area (Å²) < 4.78 is 0. The largest absolute Gasteiger partial charge is 0.300 e. The number of allylic oxidation sites excluding steroid dienone is 2. The number of ketones is 1. The Bertz CT molecular complexity index is 205. The minimum atomic E-state index is 0.241. The molecule has 68 valence electrons. The van der Waals surface area contributed by atoms with Crippen molar-refractivity contribution in [2.45, 2.75) is 27.7 Å². The Labute approximate surface area is 74.9 Å². The lowest BCUT2D eigenvalue weighted by Crippen LogP contribution is -2.31. The van der Waals surface area contributed by atoms with Crippen LogP contribution in [0.1, 0.15) is 27.7 Å². The van der Waals surface area contributed by atoms with Gasteiger partial charge in [-0.05, 0) is 24.7 Å². The summed E-state index contributed by atoms with van der Waals surface area (Å²) in [5.74, 6) is 2.06. The predicted octanol–water partition coefficient (Wildman–Crippen LogP) is 2.67. The summed E-state index contributed by atoms with van der Waals surface area (Å²) in [5, 5.41) is 0. The van der Waals surface area contributed by atoms with E-state index in [2.05, 4.69) is 32.9 Å². The maximum absolute atomic E-state index is 11.3. The summed E-state index contributed by atoms with van der Waals surface area (Å²) in [5.41, 5.74) is 0. The van der Waals surface area contributed by atoms with E-state index in [0.29, 0.717) is 23.5 Å². The zero-order valence-corrected chi connectivity index (χ0v) is 8.37. The van der Waals surface area contributed by atoms with Gasteiger partial charge in [0.1, 0.15) is 5.78 Å². The zero-order chi connectivity index (χ0) is 9.30. The van der Waals surface area contributed by atoms with Crippen molar-refractivity contribution < 1.29 is 4.79 Å². The lowest BCUT2D eigenvalue weighted by Gasteiger charge is -2.32. The van der Waals surface area contributed by atoms with E-state index < -0.39 is 0 Å². The Hall–Kier alpha value is -0.590. The van der Waals surface area contributed by atoms with E-state index in [1.807, 2.05) is 0 Å². The van der Waals surface area contributed by atoms with Crippen LogP contribution >= 0.6 is 0 Å². The molecule has 1 rings (SSSR count). The third-order valence-electron chi connectivity index (χ3n) is 3.15. The van der Waals surface area contributed by atoms with Crippen LogP contribution in [0.4, 0.5) is 0 Å². The Morgan fingerprint density at radius 3 is 2.00 bits per heavy atom. The molecule has 0 saturated heterocycles. The zero-order valence-electron chi connectivity index (χ0n) is 8.37. The topological polar surface area (TPSA) is 17.1 Å². The van der Waals surface area contributed by atoms with Crippen molar-refractivity contribution in [1.82, 2.24) is 0 Å². The monoisotopic (exact) mass is 166 g/mol. The van der Waals surface area contributed by atoms with Crippen LogP contribution in [0.2, 0.25) is 0 Å². The molecule has 0 aliphatic heterocycles. The van der Waals surface area contributed by atoms with Crippen LogP contribution in [-0.4, -0.2) is 5.78 Å². The molecule has 0 amide bonds. The van der Waals surface area contributed by atoms with Gasteiger partial charge in [-0.25, -0.2) is 0 Å². The van der Waals surface area contributed by atoms with Crippen molar-refractivity contribution in [3.8, 4) is 0 Å². The molecule has 1 aliphatic rings. The van der Waals surface area contributed by atoms with E-state index >= 15 is 0 Å². The molecule has 0 saturated carbocycles. The van der Waals surface area contributed by atoms with E-state index in [9.17, 15) is 4.79 Å². The molecule has 0 heterocycles. The molecule has 1 nitrogen and oxygen atoms in total. The van der Waals surface area contributed by atoms with Crippen molar-refractivity contribution in [2.24, 2.45) is 23.7 Å². The van der Waals surface area contributed by atoms with Gasteiger partial charge >= 0.3 is 0 Å². The van der Waals surface area contributed by atoms with Crippen LogP contribution in [0.5, 0.6) is 0 Å². The second kappa shape index (κ2) is 3.42. The highest BCUT2D eigenvalue weighted by atomic mass is 16.1. The summed E-state index contributed by atoms with van der Waals surface area (Å²) in [6.45, 7) is 8.20. The average Bonchev–Trinajstić information content (AvgIpc) is 1.97. The van der Waals surface area contributed by atoms with Gasteiger partial charge < -0.3 is 0 Å². The number of hydrogen-bond acceptors (Lipinski definition) is 1. The predicted molar refractivity (Wildman–Crippen MR) is 50.8 cm³/mol. The minimum absolute atomic E-state index is 0.241. The Balaban J connectivity index is 2.84. The molecule has 1 heteroatoms. The smallest absolute Gasteiger partial charge is 0.133 e. The maximum atomic E-state index is 11.3. The molecule has 0 aromatic carbocycles. The molecule has 0 bridgehead atoms. The number of rotatable bonds is 1. The summed E-state index contributed by atoms with van der Waals surface area (Å²) in [7, 11) is 0. The van der Waals surface area contributed by atoms with Gasteiger partial charge in [-0.15, -0.1) is 0 Å². The normalized spacial score (nSPS) is 41.3. The van der Waals surface area contributed by atoms with Gasteiger partial charge in [-0.2, -0.15) is 0 Å². The third-order valence-corrected chi connectivity index (χ3v) is 3.15. The van der Waals surface area contributed by atoms with Crippen LogP contribution < -0.4 is 0 Å². The molecule has 0 radical (unpaired) electrons. The molecule has 0 aromatic heterocycles. The van der Waals surface area contributed by atoms with E-state index in [-0.39, 0.29) is 5.92 Å². The van der Waals surface area contributed by atoms with E-state index in [0.717, 1.165) is 0 Å². The van der Waals surface area contributed by atoms with Crippen molar-refractivity contribution >= 4 is 5.78 Å². The third kappa shape index (κ3) is 1.60.